The second kappa shape index (κ2) is 8.13. The van der Waals surface area contributed by atoms with Gasteiger partial charge < -0.3 is 10.1 Å². The van der Waals surface area contributed by atoms with Crippen molar-refractivity contribution >= 4 is 39.4 Å². The van der Waals surface area contributed by atoms with E-state index in [0.717, 1.165) is 5.56 Å². The van der Waals surface area contributed by atoms with E-state index in [1.165, 1.54) is 0 Å². The summed E-state index contributed by atoms with van der Waals surface area (Å²) in [7, 11) is 0. The summed E-state index contributed by atoms with van der Waals surface area (Å²) in [6.07, 6.45) is 0. The van der Waals surface area contributed by atoms with E-state index in [1.807, 2.05) is 19.1 Å². The molecule has 1 N–H and O–H groups in total. The number of hydrogen-bond acceptors (Lipinski definition) is 3. The predicted octanol–water partition coefficient (Wildman–Crippen LogP) is 4.14. The number of hydrogen-bond donors (Lipinski definition) is 1. The van der Waals surface area contributed by atoms with E-state index in [4.69, 9.17) is 16.3 Å². The first-order chi connectivity index (χ1) is 11.0. The van der Waals surface area contributed by atoms with Crippen molar-refractivity contribution in [2.24, 2.45) is 0 Å². The number of amides is 1. The van der Waals surface area contributed by atoms with Gasteiger partial charge in [-0.3, -0.25) is 4.79 Å². The van der Waals surface area contributed by atoms with E-state index in [9.17, 15) is 9.59 Å². The van der Waals surface area contributed by atoms with E-state index in [2.05, 4.69) is 21.2 Å². The Hall–Kier alpha value is -1.85. The Labute approximate surface area is 147 Å². The molecule has 120 valence electrons. The van der Waals surface area contributed by atoms with E-state index >= 15 is 0 Å². The van der Waals surface area contributed by atoms with Crippen LogP contribution in [-0.2, 0) is 9.53 Å². The van der Waals surface area contributed by atoms with Crippen LogP contribution in [0.1, 0.15) is 28.9 Å². The van der Waals surface area contributed by atoms with Crippen LogP contribution in [0, 0.1) is 0 Å². The Balaban J connectivity index is 1.86. The smallest absolute Gasteiger partial charge is 0.339 e. The molecule has 0 saturated carbocycles. The summed E-state index contributed by atoms with van der Waals surface area (Å²) in [5, 5.41) is 3.40. The third kappa shape index (κ3) is 5.08. The molecule has 0 aliphatic rings. The van der Waals surface area contributed by atoms with Crippen LogP contribution in [-0.4, -0.2) is 18.5 Å². The first-order valence-electron chi connectivity index (χ1n) is 6.94. The lowest BCUT2D eigenvalue weighted by Gasteiger charge is -2.14. The molecule has 0 aliphatic carbocycles. The molecule has 23 heavy (non-hydrogen) atoms. The molecule has 1 amide bonds. The first kappa shape index (κ1) is 17.5. The average molecular weight is 397 g/mol. The van der Waals surface area contributed by atoms with E-state index < -0.39 is 5.97 Å². The highest BCUT2D eigenvalue weighted by molar-refractivity contribution is 9.10. The van der Waals surface area contributed by atoms with Crippen LogP contribution in [0.3, 0.4) is 0 Å². The van der Waals surface area contributed by atoms with Gasteiger partial charge in [-0.05, 0) is 52.7 Å². The summed E-state index contributed by atoms with van der Waals surface area (Å²) < 4.78 is 5.65. The SMILES string of the molecule is C[C@H](NC(=O)COC(=O)c1ccccc1Br)c1ccc(Cl)cc1. The Morgan fingerprint density at radius 1 is 1.17 bits per heavy atom. The van der Waals surface area contributed by atoms with Crippen LogP contribution in [0.15, 0.2) is 53.0 Å². The van der Waals surface area contributed by atoms with Gasteiger partial charge in [0.2, 0.25) is 0 Å². The lowest BCUT2D eigenvalue weighted by atomic mass is 10.1. The number of carbonyl (C=O) groups is 2. The molecule has 2 aromatic rings. The molecule has 0 heterocycles. The zero-order valence-corrected chi connectivity index (χ0v) is 14.7. The summed E-state index contributed by atoms with van der Waals surface area (Å²) in [6, 6.07) is 13.9. The Morgan fingerprint density at radius 3 is 2.48 bits per heavy atom. The predicted molar refractivity (Wildman–Crippen MR) is 92.4 cm³/mol. The summed E-state index contributed by atoms with van der Waals surface area (Å²) in [6.45, 7) is 1.51. The number of ether oxygens (including phenoxy) is 1. The molecule has 6 heteroatoms. The van der Waals surface area contributed by atoms with Crippen molar-refractivity contribution in [3.05, 3.63) is 69.2 Å². The summed E-state index contributed by atoms with van der Waals surface area (Å²) >= 11 is 9.10. The van der Waals surface area contributed by atoms with Gasteiger partial charge in [0.05, 0.1) is 11.6 Å². The van der Waals surface area contributed by atoms with Crippen LogP contribution in [0.4, 0.5) is 0 Å². The van der Waals surface area contributed by atoms with Gasteiger partial charge in [0.1, 0.15) is 0 Å². The highest BCUT2D eigenvalue weighted by atomic mass is 79.9. The summed E-state index contributed by atoms with van der Waals surface area (Å²) in [5.74, 6) is -0.917. The molecule has 0 spiro atoms. The second-order valence-corrected chi connectivity index (χ2v) is 6.19. The van der Waals surface area contributed by atoms with Crippen molar-refractivity contribution < 1.29 is 14.3 Å². The zero-order chi connectivity index (χ0) is 16.8. The maximum atomic E-state index is 11.9. The quantitative estimate of drug-likeness (QED) is 0.773. The van der Waals surface area contributed by atoms with Crippen LogP contribution in [0.25, 0.3) is 0 Å². The fraction of sp³-hybridized carbons (Fsp3) is 0.176. The molecule has 0 radical (unpaired) electrons. The normalized spacial score (nSPS) is 11.6. The van der Waals surface area contributed by atoms with Crippen molar-refractivity contribution in [3.63, 3.8) is 0 Å². The number of rotatable bonds is 5. The molecular formula is C17H15BrClNO3. The van der Waals surface area contributed by atoms with Crippen LogP contribution >= 0.6 is 27.5 Å². The topological polar surface area (TPSA) is 55.4 Å². The minimum atomic E-state index is -0.549. The van der Waals surface area contributed by atoms with Crippen molar-refractivity contribution in [1.82, 2.24) is 5.32 Å². The molecule has 0 unspecified atom stereocenters. The van der Waals surface area contributed by atoms with Crippen molar-refractivity contribution in [2.45, 2.75) is 13.0 Å². The van der Waals surface area contributed by atoms with Gasteiger partial charge >= 0.3 is 5.97 Å². The number of halogens is 2. The highest BCUT2D eigenvalue weighted by Gasteiger charge is 2.14. The van der Waals surface area contributed by atoms with Crippen molar-refractivity contribution in [2.75, 3.05) is 6.61 Å². The highest BCUT2D eigenvalue weighted by Crippen LogP contribution is 2.17. The molecule has 0 fully saturated rings. The molecule has 0 bridgehead atoms. The maximum Gasteiger partial charge on any atom is 0.339 e. The molecule has 1 atom stereocenters. The molecule has 0 aromatic heterocycles. The standard InChI is InChI=1S/C17H15BrClNO3/c1-11(12-6-8-13(19)9-7-12)20-16(21)10-23-17(22)14-4-2-3-5-15(14)18/h2-9,11H,10H2,1H3,(H,20,21)/t11-/m0/s1. The lowest BCUT2D eigenvalue weighted by Crippen LogP contribution is -2.31. The molecule has 4 nitrogen and oxygen atoms in total. The fourth-order valence-corrected chi connectivity index (χ4v) is 2.53. The molecular weight excluding hydrogens is 382 g/mol. The number of benzene rings is 2. The van der Waals surface area contributed by atoms with Crippen LogP contribution in [0.5, 0.6) is 0 Å². The van der Waals surface area contributed by atoms with Gasteiger partial charge in [-0.1, -0.05) is 35.9 Å². The van der Waals surface area contributed by atoms with Crippen LogP contribution in [0.2, 0.25) is 5.02 Å². The van der Waals surface area contributed by atoms with Gasteiger partial charge in [0.15, 0.2) is 6.61 Å². The lowest BCUT2D eigenvalue weighted by molar-refractivity contribution is -0.124. The number of esters is 1. The third-order valence-electron chi connectivity index (χ3n) is 3.18. The monoisotopic (exact) mass is 395 g/mol. The maximum absolute atomic E-state index is 11.9. The van der Waals surface area contributed by atoms with Crippen molar-refractivity contribution in [3.8, 4) is 0 Å². The van der Waals surface area contributed by atoms with Gasteiger partial charge in [0.25, 0.3) is 5.91 Å². The third-order valence-corrected chi connectivity index (χ3v) is 4.12. The minimum Gasteiger partial charge on any atom is -0.452 e. The zero-order valence-electron chi connectivity index (χ0n) is 12.4. The van der Waals surface area contributed by atoms with Crippen LogP contribution < -0.4 is 5.32 Å². The fourth-order valence-electron chi connectivity index (χ4n) is 1.95. The van der Waals surface area contributed by atoms with Crippen molar-refractivity contribution in [1.29, 1.82) is 0 Å². The number of carbonyl (C=O) groups excluding carboxylic acids is 2. The number of nitrogens with one attached hydrogen (secondary N) is 1. The average Bonchev–Trinajstić information content (AvgIpc) is 2.53. The Bertz CT molecular complexity index is 703. The second-order valence-electron chi connectivity index (χ2n) is 4.90. The molecule has 0 aliphatic heterocycles. The van der Waals surface area contributed by atoms with Gasteiger partial charge in [-0.25, -0.2) is 4.79 Å². The largest absolute Gasteiger partial charge is 0.452 e. The molecule has 0 saturated heterocycles. The van der Waals surface area contributed by atoms with Gasteiger partial charge in [-0.2, -0.15) is 0 Å². The Morgan fingerprint density at radius 2 is 1.83 bits per heavy atom. The molecule has 2 rings (SSSR count). The van der Waals surface area contributed by atoms with Gasteiger partial charge in [-0.15, -0.1) is 0 Å². The molecule has 2 aromatic carbocycles. The summed E-state index contributed by atoms with van der Waals surface area (Å²) in [5.41, 5.74) is 1.30. The summed E-state index contributed by atoms with van der Waals surface area (Å²) in [4.78, 5) is 23.8. The Kier molecular flexibility index (Phi) is 6.19. The van der Waals surface area contributed by atoms with E-state index in [1.54, 1.807) is 36.4 Å². The van der Waals surface area contributed by atoms with E-state index in [0.29, 0.717) is 15.1 Å². The first-order valence-corrected chi connectivity index (χ1v) is 8.11. The minimum absolute atomic E-state index is 0.207. The van der Waals surface area contributed by atoms with Gasteiger partial charge in [0, 0.05) is 9.50 Å². The van der Waals surface area contributed by atoms with E-state index in [-0.39, 0.29) is 18.6 Å².